The molecule has 2 fully saturated rings. The zero-order valence-corrected chi connectivity index (χ0v) is 8.91. The molecule has 2 saturated heterocycles. The van der Waals surface area contributed by atoms with Crippen molar-refractivity contribution in [2.45, 2.75) is 12.8 Å². The number of guanidine groups is 1. The predicted octanol–water partition coefficient (Wildman–Crippen LogP) is 0.400. The van der Waals surface area contributed by atoms with Gasteiger partial charge in [-0.3, -0.25) is 4.99 Å². The van der Waals surface area contributed by atoms with Gasteiger partial charge in [-0.2, -0.15) is 0 Å². The second-order valence-corrected chi connectivity index (χ2v) is 3.82. The van der Waals surface area contributed by atoms with E-state index >= 15 is 0 Å². The van der Waals surface area contributed by atoms with Gasteiger partial charge in [0.15, 0.2) is 5.96 Å². The first-order chi connectivity index (χ1) is 6.92. The van der Waals surface area contributed by atoms with Crippen LogP contribution in [-0.2, 0) is 4.74 Å². The molecule has 0 atom stereocenters. The van der Waals surface area contributed by atoms with Gasteiger partial charge in [-0.05, 0) is 12.8 Å². The lowest BCUT2D eigenvalue weighted by Crippen LogP contribution is -2.48. The highest BCUT2D eigenvalue weighted by Crippen LogP contribution is 2.11. The fourth-order valence-corrected chi connectivity index (χ4v) is 2.16. The van der Waals surface area contributed by atoms with Crippen LogP contribution in [0.1, 0.15) is 12.8 Å². The highest BCUT2D eigenvalue weighted by molar-refractivity contribution is 5.80. The highest BCUT2D eigenvalue weighted by atomic mass is 16.5. The molecule has 80 valence electrons. The number of likely N-dealkylation sites (tertiary alicyclic amines) is 1. The van der Waals surface area contributed by atoms with Gasteiger partial charge >= 0.3 is 0 Å². The van der Waals surface area contributed by atoms with Crippen molar-refractivity contribution in [1.82, 2.24) is 9.80 Å². The summed E-state index contributed by atoms with van der Waals surface area (Å²) in [6, 6.07) is 0. The molecule has 2 heterocycles. The molecule has 0 aromatic carbocycles. The summed E-state index contributed by atoms with van der Waals surface area (Å²) in [6.07, 6.45) is 2.62. The number of nitrogens with zero attached hydrogens (tertiary/aromatic N) is 3. The molecule has 0 bridgehead atoms. The summed E-state index contributed by atoms with van der Waals surface area (Å²) in [4.78, 5) is 9.14. The molecule has 0 aliphatic carbocycles. The van der Waals surface area contributed by atoms with Gasteiger partial charge < -0.3 is 14.5 Å². The van der Waals surface area contributed by atoms with E-state index in [-0.39, 0.29) is 0 Å². The summed E-state index contributed by atoms with van der Waals surface area (Å²) >= 11 is 0. The summed E-state index contributed by atoms with van der Waals surface area (Å²) in [6.45, 7) is 6.00. The molecule has 4 nitrogen and oxygen atoms in total. The molecule has 0 radical (unpaired) electrons. The standard InChI is InChI=1S/C10H19N3O/c1-11-10(12-4-2-3-5-12)13-6-8-14-9-7-13/h2-9H2,1H3. The molecule has 0 aromatic rings. The second kappa shape index (κ2) is 4.64. The summed E-state index contributed by atoms with van der Waals surface area (Å²) in [5.74, 6) is 1.17. The monoisotopic (exact) mass is 197 g/mol. The lowest BCUT2D eigenvalue weighted by molar-refractivity contribution is 0.0629. The number of morpholine rings is 1. The zero-order chi connectivity index (χ0) is 9.80. The van der Waals surface area contributed by atoms with Crippen LogP contribution >= 0.6 is 0 Å². The molecule has 2 aliphatic heterocycles. The predicted molar refractivity (Wildman–Crippen MR) is 56.6 cm³/mol. The molecule has 0 aromatic heterocycles. The normalized spacial score (nSPS) is 24.5. The Labute approximate surface area is 85.5 Å². The zero-order valence-electron chi connectivity index (χ0n) is 8.91. The second-order valence-electron chi connectivity index (χ2n) is 3.82. The highest BCUT2D eigenvalue weighted by Gasteiger charge is 2.22. The average molecular weight is 197 g/mol. The van der Waals surface area contributed by atoms with Crippen molar-refractivity contribution < 1.29 is 4.74 Å². The van der Waals surface area contributed by atoms with Crippen molar-refractivity contribution in [3.8, 4) is 0 Å². The fraction of sp³-hybridized carbons (Fsp3) is 0.900. The Kier molecular flexibility index (Phi) is 3.24. The van der Waals surface area contributed by atoms with Crippen LogP contribution in [0.2, 0.25) is 0 Å². The van der Waals surface area contributed by atoms with E-state index in [0.29, 0.717) is 0 Å². The van der Waals surface area contributed by atoms with Crippen molar-refractivity contribution in [3.63, 3.8) is 0 Å². The maximum atomic E-state index is 5.34. The van der Waals surface area contributed by atoms with Gasteiger partial charge in [0.1, 0.15) is 0 Å². The van der Waals surface area contributed by atoms with Gasteiger partial charge in [0.2, 0.25) is 0 Å². The molecular weight excluding hydrogens is 178 g/mol. The Hall–Kier alpha value is -0.770. The van der Waals surface area contributed by atoms with Gasteiger partial charge in [0.25, 0.3) is 0 Å². The fourth-order valence-electron chi connectivity index (χ4n) is 2.16. The molecule has 0 amide bonds. The molecule has 14 heavy (non-hydrogen) atoms. The SMILES string of the molecule is CN=C(N1CCCC1)N1CCOCC1. The smallest absolute Gasteiger partial charge is 0.196 e. The number of ether oxygens (including phenoxy) is 1. The first-order valence-corrected chi connectivity index (χ1v) is 5.46. The Morgan fingerprint density at radius 3 is 2.14 bits per heavy atom. The van der Waals surface area contributed by atoms with Gasteiger partial charge in [0, 0.05) is 33.2 Å². The van der Waals surface area contributed by atoms with Crippen LogP contribution in [0.25, 0.3) is 0 Å². The summed E-state index contributed by atoms with van der Waals surface area (Å²) in [5, 5.41) is 0. The Balaban J connectivity index is 1.97. The van der Waals surface area contributed by atoms with Crippen LogP contribution in [0.4, 0.5) is 0 Å². The minimum Gasteiger partial charge on any atom is -0.378 e. The first-order valence-electron chi connectivity index (χ1n) is 5.46. The molecule has 2 rings (SSSR count). The van der Waals surface area contributed by atoms with Gasteiger partial charge in [-0.15, -0.1) is 0 Å². The third kappa shape index (κ3) is 2.00. The average Bonchev–Trinajstić information content (AvgIpc) is 2.74. The maximum Gasteiger partial charge on any atom is 0.196 e. The van der Waals surface area contributed by atoms with E-state index in [1.807, 2.05) is 7.05 Å². The quantitative estimate of drug-likeness (QED) is 0.415. The number of hydrogen-bond acceptors (Lipinski definition) is 2. The minimum atomic E-state index is 0.840. The lowest BCUT2D eigenvalue weighted by atomic mass is 10.4. The van der Waals surface area contributed by atoms with E-state index < -0.39 is 0 Å². The van der Waals surface area contributed by atoms with Crippen LogP contribution in [0.15, 0.2) is 4.99 Å². The van der Waals surface area contributed by atoms with Crippen LogP contribution < -0.4 is 0 Å². The topological polar surface area (TPSA) is 28.1 Å². The third-order valence-corrected chi connectivity index (χ3v) is 2.88. The van der Waals surface area contributed by atoms with E-state index in [2.05, 4.69) is 14.8 Å². The molecule has 0 unspecified atom stereocenters. The molecule has 4 heteroatoms. The first kappa shape index (κ1) is 9.77. The maximum absolute atomic E-state index is 5.34. The van der Waals surface area contributed by atoms with Crippen LogP contribution in [-0.4, -0.2) is 62.2 Å². The van der Waals surface area contributed by atoms with Crippen LogP contribution in [0.3, 0.4) is 0 Å². The van der Waals surface area contributed by atoms with Gasteiger partial charge in [-0.25, -0.2) is 0 Å². The Morgan fingerprint density at radius 2 is 1.57 bits per heavy atom. The van der Waals surface area contributed by atoms with Crippen molar-refractivity contribution in [2.75, 3.05) is 46.4 Å². The van der Waals surface area contributed by atoms with Crippen molar-refractivity contribution in [3.05, 3.63) is 0 Å². The third-order valence-electron chi connectivity index (χ3n) is 2.88. The van der Waals surface area contributed by atoms with Gasteiger partial charge in [-0.1, -0.05) is 0 Å². The van der Waals surface area contributed by atoms with E-state index in [9.17, 15) is 0 Å². The summed E-state index contributed by atoms with van der Waals surface area (Å²) in [7, 11) is 1.89. The van der Waals surface area contributed by atoms with E-state index in [1.54, 1.807) is 0 Å². The number of hydrogen-bond donors (Lipinski definition) is 0. The lowest BCUT2D eigenvalue weighted by Gasteiger charge is -2.34. The molecule has 2 aliphatic rings. The number of rotatable bonds is 0. The van der Waals surface area contributed by atoms with Crippen LogP contribution in [0.5, 0.6) is 0 Å². The number of aliphatic imine (C=N–C) groups is 1. The van der Waals surface area contributed by atoms with Crippen molar-refractivity contribution >= 4 is 5.96 Å². The van der Waals surface area contributed by atoms with E-state index in [0.717, 1.165) is 26.3 Å². The molecule has 0 N–H and O–H groups in total. The Bertz CT molecular complexity index is 205. The van der Waals surface area contributed by atoms with Crippen molar-refractivity contribution in [2.24, 2.45) is 4.99 Å². The van der Waals surface area contributed by atoms with Gasteiger partial charge in [0.05, 0.1) is 13.2 Å². The molecular formula is C10H19N3O. The largest absolute Gasteiger partial charge is 0.378 e. The van der Waals surface area contributed by atoms with E-state index in [1.165, 1.54) is 31.9 Å². The van der Waals surface area contributed by atoms with E-state index in [4.69, 9.17) is 4.74 Å². The van der Waals surface area contributed by atoms with Crippen LogP contribution in [0, 0.1) is 0 Å². The summed E-state index contributed by atoms with van der Waals surface area (Å²) < 4.78 is 5.34. The minimum absolute atomic E-state index is 0.840. The Morgan fingerprint density at radius 1 is 1.00 bits per heavy atom. The molecule has 0 saturated carbocycles. The summed E-state index contributed by atoms with van der Waals surface area (Å²) in [5.41, 5.74) is 0. The van der Waals surface area contributed by atoms with Crippen molar-refractivity contribution in [1.29, 1.82) is 0 Å². The molecule has 0 spiro atoms.